The molecular formula is C22H12Cl3F7N4O. The van der Waals surface area contributed by atoms with Gasteiger partial charge >= 0.3 is 12.4 Å². The van der Waals surface area contributed by atoms with Crippen LogP contribution in [0.4, 0.5) is 30.7 Å². The third-order valence-electron chi connectivity index (χ3n) is 5.00. The zero-order valence-electron chi connectivity index (χ0n) is 17.9. The Labute approximate surface area is 219 Å². The Morgan fingerprint density at radius 2 is 1.51 bits per heavy atom. The van der Waals surface area contributed by atoms with Crippen LogP contribution in [-0.4, -0.2) is 22.1 Å². The van der Waals surface area contributed by atoms with Gasteiger partial charge in [0.2, 0.25) is 0 Å². The maximum absolute atomic E-state index is 15.5. The van der Waals surface area contributed by atoms with Crippen molar-refractivity contribution in [2.24, 2.45) is 5.84 Å². The predicted octanol–water partition coefficient (Wildman–Crippen LogP) is 7.38. The van der Waals surface area contributed by atoms with Gasteiger partial charge in [-0.05, 0) is 29.8 Å². The summed E-state index contributed by atoms with van der Waals surface area (Å²) in [5.74, 6) is -0.786. The summed E-state index contributed by atoms with van der Waals surface area (Å²) in [6, 6.07) is 2.90. The molecule has 1 amide bonds. The Hall–Kier alpha value is -2.93. The first kappa shape index (κ1) is 28.6. The number of hydrogen-bond donors (Lipinski definition) is 2. The van der Waals surface area contributed by atoms with Gasteiger partial charge in [0, 0.05) is 29.1 Å². The molecule has 1 heterocycles. The first-order chi connectivity index (χ1) is 17.2. The SMILES string of the molecule is NNC(=O)c1ccc(C(F)=CC(c2cc(Cl)c(Cl)c(Cl)c2)C(F)(F)F)c(-c2cncnc2)c1C(F)(F)F. The molecule has 15 heteroatoms. The van der Waals surface area contributed by atoms with Gasteiger partial charge in [-0.25, -0.2) is 20.2 Å². The van der Waals surface area contributed by atoms with Crippen molar-refractivity contribution in [2.75, 3.05) is 0 Å². The number of nitrogens with two attached hydrogens (primary N) is 1. The molecular weight excluding hydrogens is 576 g/mol. The molecule has 37 heavy (non-hydrogen) atoms. The number of allylic oxidation sites excluding steroid dienone is 1. The molecule has 0 aliphatic carbocycles. The molecule has 0 fully saturated rings. The van der Waals surface area contributed by atoms with Gasteiger partial charge in [0.25, 0.3) is 5.91 Å². The molecule has 5 nitrogen and oxygen atoms in total. The van der Waals surface area contributed by atoms with Crippen molar-refractivity contribution in [2.45, 2.75) is 18.3 Å². The van der Waals surface area contributed by atoms with Gasteiger partial charge in [0.05, 0.1) is 26.2 Å². The van der Waals surface area contributed by atoms with E-state index in [2.05, 4.69) is 9.97 Å². The van der Waals surface area contributed by atoms with Crippen molar-refractivity contribution in [3.05, 3.63) is 86.4 Å². The van der Waals surface area contributed by atoms with Crippen molar-refractivity contribution in [1.82, 2.24) is 15.4 Å². The van der Waals surface area contributed by atoms with Crippen LogP contribution in [0.25, 0.3) is 17.0 Å². The van der Waals surface area contributed by atoms with E-state index >= 15 is 4.39 Å². The average Bonchev–Trinajstić information content (AvgIpc) is 2.83. The highest BCUT2D eigenvalue weighted by Gasteiger charge is 2.42. The number of carbonyl (C=O) groups excluding carboxylic acids is 1. The van der Waals surface area contributed by atoms with Crippen LogP contribution >= 0.6 is 34.8 Å². The summed E-state index contributed by atoms with van der Waals surface area (Å²) < 4.78 is 99.9. The van der Waals surface area contributed by atoms with Crippen LogP contribution in [0.15, 0.2) is 49.1 Å². The van der Waals surface area contributed by atoms with E-state index in [0.717, 1.165) is 30.9 Å². The number of hydrazine groups is 1. The number of nitrogens with one attached hydrogen (secondary N) is 1. The van der Waals surface area contributed by atoms with Crippen molar-refractivity contribution in [3.63, 3.8) is 0 Å². The highest BCUT2D eigenvalue weighted by molar-refractivity contribution is 6.48. The van der Waals surface area contributed by atoms with E-state index in [1.165, 1.54) is 0 Å². The maximum Gasteiger partial charge on any atom is 0.417 e. The van der Waals surface area contributed by atoms with Gasteiger partial charge in [-0.3, -0.25) is 10.2 Å². The van der Waals surface area contributed by atoms with Crippen molar-refractivity contribution >= 4 is 46.5 Å². The monoisotopic (exact) mass is 586 g/mol. The molecule has 0 aliphatic heterocycles. The zero-order chi connectivity index (χ0) is 27.7. The largest absolute Gasteiger partial charge is 0.417 e. The highest BCUT2D eigenvalue weighted by Crippen LogP contribution is 2.46. The molecule has 3 aromatic rings. The zero-order valence-corrected chi connectivity index (χ0v) is 20.1. The molecule has 0 saturated carbocycles. The number of nitrogens with zero attached hydrogens (tertiary/aromatic N) is 2. The lowest BCUT2D eigenvalue weighted by Gasteiger charge is -2.21. The Morgan fingerprint density at radius 1 is 0.973 bits per heavy atom. The minimum Gasteiger partial charge on any atom is -0.290 e. The molecule has 0 spiro atoms. The summed E-state index contributed by atoms with van der Waals surface area (Å²) in [6.07, 6.45) is -7.63. The third-order valence-corrected chi connectivity index (χ3v) is 6.20. The highest BCUT2D eigenvalue weighted by atomic mass is 35.5. The molecule has 3 N–H and O–H groups in total. The lowest BCUT2D eigenvalue weighted by molar-refractivity contribution is -0.140. The summed E-state index contributed by atoms with van der Waals surface area (Å²) in [4.78, 5) is 19.2. The van der Waals surface area contributed by atoms with E-state index < -0.39 is 63.4 Å². The van der Waals surface area contributed by atoms with Gasteiger partial charge < -0.3 is 0 Å². The molecule has 196 valence electrons. The second-order valence-electron chi connectivity index (χ2n) is 7.34. The number of aromatic nitrogens is 2. The summed E-state index contributed by atoms with van der Waals surface area (Å²) in [5, 5.41) is -0.955. The maximum atomic E-state index is 15.5. The first-order valence-electron chi connectivity index (χ1n) is 9.76. The topological polar surface area (TPSA) is 80.9 Å². The number of carbonyl (C=O) groups is 1. The van der Waals surface area contributed by atoms with E-state index in [1.807, 2.05) is 0 Å². The molecule has 1 atom stereocenters. The summed E-state index contributed by atoms with van der Waals surface area (Å²) in [6.45, 7) is 0. The van der Waals surface area contributed by atoms with Crippen molar-refractivity contribution < 1.29 is 35.5 Å². The minimum absolute atomic E-state index is 0.0569. The van der Waals surface area contributed by atoms with Crippen LogP contribution < -0.4 is 11.3 Å². The van der Waals surface area contributed by atoms with Crippen LogP contribution in [0.5, 0.6) is 0 Å². The number of amides is 1. The van der Waals surface area contributed by atoms with Crippen LogP contribution in [0.1, 0.15) is 33.0 Å². The average molecular weight is 588 g/mol. The van der Waals surface area contributed by atoms with E-state index in [0.29, 0.717) is 12.1 Å². The van der Waals surface area contributed by atoms with Gasteiger partial charge in [-0.15, -0.1) is 0 Å². The fraction of sp³-hybridized carbons (Fsp3) is 0.136. The Kier molecular flexibility index (Phi) is 8.37. The number of nitrogen functional groups attached to an aromatic ring is 1. The van der Waals surface area contributed by atoms with Crippen LogP contribution in [0.3, 0.4) is 0 Å². The molecule has 1 aromatic heterocycles. The number of rotatable bonds is 5. The summed E-state index contributed by atoms with van der Waals surface area (Å²) in [7, 11) is 0. The fourth-order valence-electron chi connectivity index (χ4n) is 3.46. The summed E-state index contributed by atoms with van der Waals surface area (Å²) in [5.41, 5.74) is -4.07. The van der Waals surface area contributed by atoms with Crippen molar-refractivity contribution in [1.29, 1.82) is 0 Å². The molecule has 3 rings (SSSR count). The summed E-state index contributed by atoms with van der Waals surface area (Å²) >= 11 is 17.4. The normalized spacial score (nSPS) is 13.4. The lowest BCUT2D eigenvalue weighted by Crippen LogP contribution is -2.32. The van der Waals surface area contributed by atoms with Gasteiger partial charge in [-0.2, -0.15) is 26.3 Å². The van der Waals surface area contributed by atoms with Gasteiger partial charge in [0.1, 0.15) is 18.1 Å². The number of halogens is 10. The second-order valence-corrected chi connectivity index (χ2v) is 8.53. The second kappa shape index (κ2) is 10.8. The number of alkyl halides is 6. The Bertz CT molecular complexity index is 1340. The van der Waals surface area contributed by atoms with Crippen LogP contribution in [0.2, 0.25) is 15.1 Å². The van der Waals surface area contributed by atoms with Gasteiger partial charge in [0.15, 0.2) is 0 Å². The molecule has 1 unspecified atom stereocenters. The predicted molar refractivity (Wildman–Crippen MR) is 123 cm³/mol. The standard InChI is InChI=1S/C22H12Cl3F7N4O/c23-14-3-9(4-15(24)19(14)25)13(21(27,28)29)5-16(26)11-1-2-12(20(37)36-33)18(22(30,31)32)17(11)10-6-34-8-35-7-10/h1-8,13H,33H2,(H,36,37). The molecule has 0 aliphatic rings. The molecule has 0 bridgehead atoms. The Balaban J connectivity index is 2.36. The number of hydrogen-bond acceptors (Lipinski definition) is 4. The quantitative estimate of drug-likeness (QED) is 0.107. The Morgan fingerprint density at radius 3 is 2.00 bits per heavy atom. The van der Waals surface area contributed by atoms with Gasteiger partial charge in [-0.1, -0.05) is 40.9 Å². The third kappa shape index (κ3) is 6.15. The van der Waals surface area contributed by atoms with E-state index in [-0.39, 0.29) is 21.1 Å². The van der Waals surface area contributed by atoms with E-state index in [9.17, 15) is 31.1 Å². The first-order valence-corrected chi connectivity index (χ1v) is 10.9. The molecule has 2 aromatic carbocycles. The van der Waals surface area contributed by atoms with E-state index in [4.69, 9.17) is 40.6 Å². The molecule has 0 saturated heterocycles. The smallest absolute Gasteiger partial charge is 0.290 e. The minimum atomic E-state index is -5.27. The van der Waals surface area contributed by atoms with Crippen LogP contribution in [-0.2, 0) is 6.18 Å². The van der Waals surface area contributed by atoms with E-state index in [1.54, 1.807) is 5.43 Å². The lowest BCUT2D eigenvalue weighted by atomic mass is 9.89. The van der Waals surface area contributed by atoms with Crippen molar-refractivity contribution in [3.8, 4) is 11.1 Å². The van der Waals surface area contributed by atoms with Crippen LogP contribution in [0, 0.1) is 0 Å². The number of benzene rings is 2. The molecule has 0 radical (unpaired) electrons. The fourth-order valence-corrected chi connectivity index (χ4v) is 4.07.